The Labute approximate surface area is 165 Å². The Balaban J connectivity index is 1.60. The third-order valence-corrected chi connectivity index (χ3v) is 4.40. The van der Waals surface area contributed by atoms with Crippen LogP contribution in [-0.2, 0) is 14.4 Å². The standard InChI is InChI=1S/C20H29N3O5/c1-4-27-16-5-7-17(8-6-16)28-13-18(24)21-9-10-22-20(26)15-11-19(25)23(12-15)14(2)3/h5-8,14-15H,4,9-13H2,1-3H3,(H,21,24)(H,22,26). The summed E-state index contributed by atoms with van der Waals surface area (Å²) < 4.78 is 10.7. The Morgan fingerprint density at radius 2 is 1.71 bits per heavy atom. The fourth-order valence-electron chi connectivity index (χ4n) is 2.94. The number of nitrogens with zero attached hydrogens (tertiary/aromatic N) is 1. The number of amides is 3. The van der Waals surface area contributed by atoms with Gasteiger partial charge in [-0.05, 0) is 45.0 Å². The quantitative estimate of drug-likeness (QED) is 0.579. The van der Waals surface area contributed by atoms with Crippen LogP contribution in [0.4, 0.5) is 0 Å². The summed E-state index contributed by atoms with van der Waals surface area (Å²) in [4.78, 5) is 37.5. The maximum atomic E-state index is 12.2. The molecule has 0 saturated carbocycles. The number of hydrogen-bond donors (Lipinski definition) is 2. The summed E-state index contributed by atoms with van der Waals surface area (Å²) in [6.45, 7) is 7.31. The van der Waals surface area contributed by atoms with Crippen molar-refractivity contribution < 1.29 is 23.9 Å². The molecule has 2 rings (SSSR count). The van der Waals surface area contributed by atoms with Gasteiger partial charge in [0.2, 0.25) is 11.8 Å². The van der Waals surface area contributed by atoms with E-state index >= 15 is 0 Å². The van der Waals surface area contributed by atoms with E-state index in [1.807, 2.05) is 20.8 Å². The summed E-state index contributed by atoms with van der Waals surface area (Å²) in [5.41, 5.74) is 0. The molecule has 1 aliphatic heterocycles. The Bertz CT molecular complexity index is 675. The fraction of sp³-hybridized carbons (Fsp3) is 0.550. The molecule has 1 heterocycles. The Morgan fingerprint density at radius 1 is 1.11 bits per heavy atom. The van der Waals surface area contributed by atoms with Crippen molar-refractivity contribution >= 4 is 17.7 Å². The molecule has 1 atom stereocenters. The predicted octanol–water partition coefficient (Wildman–Crippen LogP) is 0.953. The lowest BCUT2D eigenvalue weighted by atomic mass is 10.1. The van der Waals surface area contributed by atoms with Gasteiger partial charge in [0.1, 0.15) is 11.5 Å². The molecular formula is C20H29N3O5. The monoisotopic (exact) mass is 391 g/mol. The van der Waals surface area contributed by atoms with E-state index in [0.29, 0.717) is 32.0 Å². The summed E-state index contributed by atoms with van der Waals surface area (Å²) in [5, 5.41) is 5.45. The first-order chi connectivity index (χ1) is 13.4. The van der Waals surface area contributed by atoms with Crippen molar-refractivity contribution in [1.82, 2.24) is 15.5 Å². The Kier molecular flexibility index (Phi) is 8.10. The molecule has 1 aromatic carbocycles. The molecule has 0 aliphatic carbocycles. The number of hydrogen-bond acceptors (Lipinski definition) is 5. The second kappa shape index (κ2) is 10.5. The molecule has 28 heavy (non-hydrogen) atoms. The molecule has 1 aromatic rings. The highest BCUT2D eigenvalue weighted by atomic mass is 16.5. The van der Waals surface area contributed by atoms with Crippen LogP contribution in [-0.4, -0.2) is 61.5 Å². The van der Waals surface area contributed by atoms with Crippen LogP contribution in [0.5, 0.6) is 11.5 Å². The molecule has 154 valence electrons. The normalized spacial score (nSPS) is 16.2. The molecule has 1 unspecified atom stereocenters. The van der Waals surface area contributed by atoms with E-state index in [1.54, 1.807) is 29.2 Å². The van der Waals surface area contributed by atoms with Gasteiger partial charge in [-0.2, -0.15) is 0 Å². The SMILES string of the molecule is CCOc1ccc(OCC(=O)NCCNC(=O)C2CC(=O)N(C(C)C)C2)cc1. The van der Waals surface area contributed by atoms with Gasteiger partial charge in [-0.25, -0.2) is 0 Å². The predicted molar refractivity (Wildman–Crippen MR) is 104 cm³/mol. The molecule has 8 heteroatoms. The zero-order valence-corrected chi connectivity index (χ0v) is 16.7. The van der Waals surface area contributed by atoms with E-state index in [-0.39, 0.29) is 42.7 Å². The number of ether oxygens (including phenoxy) is 2. The number of nitrogens with one attached hydrogen (secondary N) is 2. The molecule has 0 bridgehead atoms. The van der Waals surface area contributed by atoms with Crippen molar-refractivity contribution in [2.24, 2.45) is 5.92 Å². The number of rotatable bonds is 10. The number of likely N-dealkylation sites (tertiary alicyclic amines) is 1. The van der Waals surface area contributed by atoms with Gasteiger partial charge in [-0.3, -0.25) is 14.4 Å². The minimum absolute atomic E-state index is 0.00916. The summed E-state index contributed by atoms with van der Waals surface area (Å²) in [7, 11) is 0. The molecule has 3 amide bonds. The average molecular weight is 391 g/mol. The van der Waals surface area contributed by atoms with Crippen molar-refractivity contribution in [2.75, 3.05) is 32.8 Å². The minimum Gasteiger partial charge on any atom is -0.494 e. The van der Waals surface area contributed by atoms with Crippen LogP contribution in [0.15, 0.2) is 24.3 Å². The number of carbonyl (C=O) groups is 3. The van der Waals surface area contributed by atoms with E-state index in [1.165, 1.54) is 0 Å². The van der Waals surface area contributed by atoms with Crippen LogP contribution in [0.3, 0.4) is 0 Å². The molecule has 0 radical (unpaired) electrons. The lowest BCUT2D eigenvalue weighted by Gasteiger charge is -2.20. The first kappa shape index (κ1) is 21.5. The smallest absolute Gasteiger partial charge is 0.258 e. The van der Waals surface area contributed by atoms with Gasteiger partial charge >= 0.3 is 0 Å². The van der Waals surface area contributed by atoms with Gasteiger partial charge in [0, 0.05) is 32.1 Å². The third-order valence-electron chi connectivity index (χ3n) is 4.40. The van der Waals surface area contributed by atoms with E-state index in [4.69, 9.17) is 9.47 Å². The van der Waals surface area contributed by atoms with Gasteiger partial charge < -0.3 is 25.0 Å². The summed E-state index contributed by atoms with van der Waals surface area (Å²) >= 11 is 0. The van der Waals surface area contributed by atoms with Crippen LogP contribution in [0.2, 0.25) is 0 Å². The largest absolute Gasteiger partial charge is 0.494 e. The van der Waals surface area contributed by atoms with Gasteiger partial charge in [0.05, 0.1) is 12.5 Å². The molecular weight excluding hydrogens is 362 g/mol. The van der Waals surface area contributed by atoms with Crippen LogP contribution in [0, 0.1) is 5.92 Å². The minimum atomic E-state index is -0.325. The summed E-state index contributed by atoms with van der Waals surface area (Å²) in [5.74, 6) is 0.577. The van der Waals surface area contributed by atoms with Gasteiger partial charge in [-0.1, -0.05) is 0 Å². The lowest BCUT2D eigenvalue weighted by molar-refractivity contribution is -0.129. The van der Waals surface area contributed by atoms with E-state index < -0.39 is 0 Å². The van der Waals surface area contributed by atoms with E-state index in [9.17, 15) is 14.4 Å². The fourth-order valence-corrected chi connectivity index (χ4v) is 2.94. The zero-order chi connectivity index (χ0) is 20.5. The molecule has 8 nitrogen and oxygen atoms in total. The maximum absolute atomic E-state index is 12.2. The second-order valence-electron chi connectivity index (χ2n) is 6.87. The third kappa shape index (κ3) is 6.44. The number of carbonyl (C=O) groups excluding carboxylic acids is 3. The highest BCUT2D eigenvalue weighted by molar-refractivity contribution is 5.89. The van der Waals surface area contributed by atoms with E-state index in [2.05, 4.69) is 10.6 Å². The lowest BCUT2D eigenvalue weighted by Crippen LogP contribution is -2.40. The first-order valence-corrected chi connectivity index (χ1v) is 9.60. The highest BCUT2D eigenvalue weighted by Crippen LogP contribution is 2.20. The van der Waals surface area contributed by atoms with Gasteiger partial charge in [0.25, 0.3) is 5.91 Å². The van der Waals surface area contributed by atoms with Crippen molar-refractivity contribution in [2.45, 2.75) is 33.2 Å². The van der Waals surface area contributed by atoms with Crippen molar-refractivity contribution in [1.29, 1.82) is 0 Å². The molecule has 1 fully saturated rings. The van der Waals surface area contributed by atoms with Crippen molar-refractivity contribution in [3.63, 3.8) is 0 Å². The van der Waals surface area contributed by atoms with Crippen molar-refractivity contribution in [3.05, 3.63) is 24.3 Å². The molecule has 0 aromatic heterocycles. The van der Waals surface area contributed by atoms with Crippen LogP contribution < -0.4 is 20.1 Å². The van der Waals surface area contributed by atoms with Crippen LogP contribution >= 0.6 is 0 Å². The van der Waals surface area contributed by atoms with Crippen LogP contribution in [0.1, 0.15) is 27.2 Å². The Hall–Kier alpha value is -2.77. The van der Waals surface area contributed by atoms with Gasteiger partial charge in [-0.15, -0.1) is 0 Å². The molecule has 1 saturated heterocycles. The zero-order valence-electron chi connectivity index (χ0n) is 16.7. The highest BCUT2D eigenvalue weighted by Gasteiger charge is 2.35. The maximum Gasteiger partial charge on any atom is 0.258 e. The van der Waals surface area contributed by atoms with Gasteiger partial charge in [0.15, 0.2) is 6.61 Å². The van der Waals surface area contributed by atoms with Crippen LogP contribution in [0.25, 0.3) is 0 Å². The summed E-state index contributed by atoms with van der Waals surface area (Å²) in [6, 6.07) is 7.13. The average Bonchev–Trinajstić information content (AvgIpc) is 3.07. The van der Waals surface area contributed by atoms with Crippen molar-refractivity contribution in [3.8, 4) is 11.5 Å². The molecule has 1 aliphatic rings. The molecule has 0 spiro atoms. The van der Waals surface area contributed by atoms with E-state index in [0.717, 1.165) is 5.75 Å². The summed E-state index contributed by atoms with van der Waals surface area (Å²) in [6.07, 6.45) is 0.242. The first-order valence-electron chi connectivity index (χ1n) is 9.60. The Morgan fingerprint density at radius 3 is 2.29 bits per heavy atom. The number of benzene rings is 1. The second-order valence-corrected chi connectivity index (χ2v) is 6.87. The topological polar surface area (TPSA) is 97.0 Å². The molecule has 2 N–H and O–H groups in total.